The molecule has 4 nitrogen and oxygen atoms in total. The third kappa shape index (κ3) is 2.90. The molecule has 0 saturated heterocycles. The van der Waals surface area contributed by atoms with E-state index in [0.717, 1.165) is 29.9 Å². The second kappa shape index (κ2) is 5.49. The van der Waals surface area contributed by atoms with Gasteiger partial charge in [0.15, 0.2) is 0 Å². The highest BCUT2D eigenvalue weighted by Crippen LogP contribution is 2.28. The van der Waals surface area contributed by atoms with Gasteiger partial charge in [-0.15, -0.1) is 0 Å². The number of amides is 1. The first-order valence-corrected chi connectivity index (χ1v) is 7.03. The Morgan fingerprint density at radius 1 is 1.35 bits per heavy atom. The van der Waals surface area contributed by atoms with Crippen LogP contribution in [0.25, 0.3) is 11.5 Å². The normalized spacial score (nSPS) is 14.2. The van der Waals surface area contributed by atoms with Crippen molar-refractivity contribution in [3.05, 3.63) is 41.8 Å². The van der Waals surface area contributed by atoms with Crippen LogP contribution in [0.4, 0.5) is 0 Å². The van der Waals surface area contributed by atoms with Crippen molar-refractivity contribution in [1.29, 1.82) is 0 Å². The molecule has 1 fully saturated rings. The first-order valence-electron chi connectivity index (χ1n) is 7.03. The predicted molar refractivity (Wildman–Crippen MR) is 76.1 cm³/mol. The predicted octanol–water partition coefficient (Wildman–Crippen LogP) is 2.72. The molecule has 1 heterocycles. The summed E-state index contributed by atoms with van der Waals surface area (Å²) >= 11 is 0. The van der Waals surface area contributed by atoms with E-state index in [-0.39, 0.29) is 11.8 Å². The maximum Gasteiger partial charge on any atom is 0.226 e. The quantitative estimate of drug-likeness (QED) is 0.908. The first-order chi connectivity index (χ1) is 9.74. The Morgan fingerprint density at radius 2 is 2.10 bits per heavy atom. The fraction of sp³-hybridized carbons (Fsp3) is 0.375. The smallest absolute Gasteiger partial charge is 0.226 e. The molecule has 0 unspecified atom stereocenters. The second-order valence-electron chi connectivity index (χ2n) is 5.20. The van der Waals surface area contributed by atoms with E-state index in [9.17, 15) is 4.79 Å². The van der Waals surface area contributed by atoms with Crippen LogP contribution in [0.5, 0.6) is 0 Å². The van der Waals surface area contributed by atoms with E-state index in [4.69, 9.17) is 4.42 Å². The average molecular weight is 270 g/mol. The minimum absolute atomic E-state index is 0.175. The maximum atomic E-state index is 11.6. The molecule has 0 bridgehead atoms. The number of benzene rings is 1. The van der Waals surface area contributed by atoms with Crippen LogP contribution in [0.15, 0.2) is 34.7 Å². The van der Waals surface area contributed by atoms with Gasteiger partial charge in [0.1, 0.15) is 5.76 Å². The number of nitrogens with zero attached hydrogens (tertiary/aromatic N) is 1. The highest BCUT2D eigenvalue weighted by Gasteiger charge is 2.29. The first kappa shape index (κ1) is 12.9. The lowest BCUT2D eigenvalue weighted by atomic mass is 10.2. The SMILES string of the molecule is Cc1oc(-c2ccccc2)nc1CCNC(=O)C1CC1. The molecule has 1 aliphatic carbocycles. The molecule has 0 spiro atoms. The lowest BCUT2D eigenvalue weighted by Crippen LogP contribution is -2.27. The molecule has 4 heteroatoms. The Hall–Kier alpha value is -2.10. The third-order valence-corrected chi connectivity index (χ3v) is 3.52. The summed E-state index contributed by atoms with van der Waals surface area (Å²) in [6.45, 7) is 2.54. The molecule has 1 aromatic heterocycles. The van der Waals surface area contributed by atoms with Gasteiger partial charge in [-0.2, -0.15) is 0 Å². The van der Waals surface area contributed by atoms with Crippen LogP contribution in [0.2, 0.25) is 0 Å². The van der Waals surface area contributed by atoms with E-state index in [0.29, 0.717) is 18.9 Å². The molecule has 1 amide bonds. The highest BCUT2D eigenvalue weighted by atomic mass is 16.4. The Balaban J connectivity index is 1.62. The van der Waals surface area contributed by atoms with Gasteiger partial charge in [-0.1, -0.05) is 18.2 Å². The zero-order valence-electron chi connectivity index (χ0n) is 11.6. The largest absolute Gasteiger partial charge is 0.441 e. The van der Waals surface area contributed by atoms with E-state index < -0.39 is 0 Å². The van der Waals surface area contributed by atoms with Crippen LogP contribution >= 0.6 is 0 Å². The molecule has 0 radical (unpaired) electrons. The number of aromatic nitrogens is 1. The molecule has 20 heavy (non-hydrogen) atoms. The molecule has 1 N–H and O–H groups in total. The van der Waals surface area contributed by atoms with Crippen LogP contribution in [-0.2, 0) is 11.2 Å². The molecule has 3 rings (SSSR count). The molecule has 1 aliphatic rings. The number of carbonyl (C=O) groups excluding carboxylic acids is 1. The zero-order valence-corrected chi connectivity index (χ0v) is 11.6. The molecular weight excluding hydrogens is 252 g/mol. The Kier molecular flexibility index (Phi) is 3.54. The summed E-state index contributed by atoms with van der Waals surface area (Å²) in [7, 11) is 0. The van der Waals surface area contributed by atoms with E-state index >= 15 is 0 Å². The fourth-order valence-corrected chi connectivity index (χ4v) is 2.16. The minimum Gasteiger partial charge on any atom is -0.441 e. The van der Waals surface area contributed by atoms with Crippen molar-refractivity contribution in [2.24, 2.45) is 5.92 Å². The van der Waals surface area contributed by atoms with Crippen LogP contribution in [0, 0.1) is 12.8 Å². The van der Waals surface area contributed by atoms with Crippen molar-refractivity contribution in [3.63, 3.8) is 0 Å². The van der Waals surface area contributed by atoms with E-state index in [2.05, 4.69) is 10.3 Å². The zero-order chi connectivity index (χ0) is 13.9. The van der Waals surface area contributed by atoms with Gasteiger partial charge < -0.3 is 9.73 Å². The fourth-order valence-electron chi connectivity index (χ4n) is 2.16. The highest BCUT2D eigenvalue weighted by molar-refractivity contribution is 5.80. The van der Waals surface area contributed by atoms with Crippen molar-refractivity contribution in [1.82, 2.24) is 10.3 Å². The number of nitrogens with one attached hydrogen (secondary N) is 1. The van der Waals surface area contributed by atoms with Crippen LogP contribution in [0.3, 0.4) is 0 Å². The number of hydrogen-bond acceptors (Lipinski definition) is 3. The number of hydrogen-bond donors (Lipinski definition) is 1. The van der Waals surface area contributed by atoms with Crippen LogP contribution < -0.4 is 5.32 Å². The second-order valence-corrected chi connectivity index (χ2v) is 5.20. The van der Waals surface area contributed by atoms with Gasteiger partial charge >= 0.3 is 0 Å². The lowest BCUT2D eigenvalue weighted by molar-refractivity contribution is -0.122. The maximum absolute atomic E-state index is 11.6. The molecule has 1 saturated carbocycles. The standard InChI is InChI=1S/C16H18N2O2/c1-11-14(9-10-17-15(19)12-7-8-12)18-16(20-11)13-5-3-2-4-6-13/h2-6,12H,7-10H2,1H3,(H,17,19). The van der Waals surface area contributed by atoms with Gasteiger partial charge in [0, 0.05) is 24.4 Å². The summed E-state index contributed by atoms with van der Waals surface area (Å²) in [4.78, 5) is 16.1. The van der Waals surface area contributed by atoms with Gasteiger partial charge in [-0.25, -0.2) is 4.98 Å². The Bertz CT molecular complexity index is 600. The van der Waals surface area contributed by atoms with Crippen molar-refractivity contribution >= 4 is 5.91 Å². The number of oxazole rings is 1. The van der Waals surface area contributed by atoms with Gasteiger partial charge in [-0.05, 0) is 31.9 Å². The van der Waals surface area contributed by atoms with Gasteiger partial charge in [-0.3, -0.25) is 4.79 Å². The van der Waals surface area contributed by atoms with Gasteiger partial charge in [0.05, 0.1) is 5.69 Å². The minimum atomic E-state index is 0.175. The molecular formula is C16H18N2O2. The summed E-state index contributed by atoms with van der Waals surface area (Å²) in [5.74, 6) is 1.90. The molecule has 1 aromatic carbocycles. The summed E-state index contributed by atoms with van der Waals surface area (Å²) in [5, 5.41) is 2.95. The summed E-state index contributed by atoms with van der Waals surface area (Å²) in [6, 6.07) is 9.84. The molecule has 104 valence electrons. The summed E-state index contributed by atoms with van der Waals surface area (Å²) in [6.07, 6.45) is 2.78. The average Bonchev–Trinajstić information content (AvgIpc) is 3.25. The van der Waals surface area contributed by atoms with Crippen molar-refractivity contribution in [3.8, 4) is 11.5 Å². The van der Waals surface area contributed by atoms with Crippen LogP contribution in [-0.4, -0.2) is 17.4 Å². The van der Waals surface area contributed by atoms with Crippen LogP contribution in [0.1, 0.15) is 24.3 Å². The summed E-state index contributed by atoms with van der Waals surface area (Å²) in [5.41, 5.74) is 1.89. The Morgan fingerprint density at radius 3 is 2.80 bits per heavy atom. The van der Waals surface area contributed by atoms with Crippen molar-refractivity contribution < 1.29 is 9.21 Å². The van der Waals surface area contributed by atoms with E-state index in [1.807, 2.05) is 37.3 Å². The Labute approximate surface area is 118 Å². The van der Waals surface area contributed by atoms with Crippen molar-refractivity contribution in [2.75, 3.05) is 6.54 Å². The monoisotopic (exact) mass is 270 g/mol. The third-order valence-electron chi connectivity index (χ3n) is 3.52. The molecule has 2 aromatic rings. The summed E-state index contributed by atoms with van der Waals surface area (Å²) < 4.78 is 5.69. The molecule has 0 aliphatic heterocycles. The van der Waals surface area contributed by atoms with Crippen molar-refractivity contribution in [2.45, 2.75) is 26.2 Å². The molecule has 0 atom stereocenters. The van der Waals surface area contributed by atoms with Gasteiger partial charge in [0.25, 0.3) is 0 Å². The number of aryl methyl sites for hydroxylation is 1. The lowest BCUT2D eigenvalue weighted by Gasteiger charge is -2.01. The topological polar surface area (TPSA) is 55.1 Å². The number of carbonyl (C=O) groups is 1. The van der Waals surface area contributed by atoms with E-state index in [1.54, 1.807) is 0 Å². The van der Waals surface area contributed by atoms with Gasteiger partial charge in [0.2, 0.25) is 11.8 Å². The number of rotatable bonds is 5. The van der Waals surface area contributed by atoms with E-state index in [1.165, 1.54) is 0 Å².